The molecular formula is C14H18O2. The molecule has 0 aromatic heterocycles. The van der Waals surface area contributed by atoms with Gasteiger partial charge in [-0.05, 0) is 42.9 Å². The molecule has 0 unspecified atom stereocenters. The summed E-state index contributed by atoms with van der Waals surface area (Å²) in [6.45, 7) is 0. The van der Waals surface area contributed by atoms with Crippen molar-refractivity contribution in [2.24, 2.45) is 5.92 Å². The molecule has 2 heteroatoms. The van der Waals surface area contributed by atoms with E-state index in [0.717, 1.165) is 37.9 Å². The van der Waals surface area contributed by atoms with E-state index >= 15 is 0 Å². The molecule has 86 valence electrons. The number of carbonyl (C=O) groups is 1. The summed E-state index contributed by atoms with van der Waals surface area (Å²) in [5.74, 6) is 2.02. The Morgan fingerprint density at radius 2 is 2.06 bits per heavy atom. The third-order valence-electron chi connectivity index (χ3n) is 3.32. The number of Topliss-reactive ketones (excluding diaryl/α,β-unsaturated/α-hetero) is 1. The topological polar surface area (TPSA) is 26.3 Å². The van der Waals surface area contributed by atoms with Gasteiger partial charge in [0.1, 0.15) is 11.5 Å². The highest BCUT2D eigenvalue weighted by Gasteiger charge is 2.18. The molecule has 1 aliphatic carbocycles. The lowest BCUT2D eigenvalue weighted by Crippen LogP contribution is -2.15. The van der Waals surface area contributed by atoms with E-state index < -0.39 is 0 Å². The van der Waals surface area contributed by atoms with Gasteiger partial charge in [-0.15, -0.1) is 0 Å². The van der Waals surface area contributed by atoms with Crippen LogP contribution in [0.2, 0.25) is 0 Å². The molecule has 16 heavy (non-hydrogen) atoms. The summed E-state index contributed by atoms with van der Waals surface area (Å²) >= 11 is 0. The van der Waals surface area contributed by atoms with Crippen molar-refractivity contribution in [2.75, 3.05) is 7.11 Å². The first kappa shape index (κ1) is 11.2. The first-order valence-electron chi connectivity index (χ1n) is 5.92. The second-order valence-electron chi connectivity index (χ2n) is 4.54. The van der Waals surface area contributed by atoms with Crippen LogP contribution in [0.4, 0.5) is 0 Å². The van der Waals surface area contributed by atoms with E-state index in [0.29, 0.717) is 11.7 Å². The van der Waals surface area contributed by atoms with Gasteiger partial charge in [-0.2, -0.15) is 0 Å². The van der Waals surface area contributed by atoms with Crippen LogP contribution in [-0.4, -0.2) is 12.9 Å². The molecule has 0 N–H and O–H groups in total. The lowest BCUT2D eigenvalue weighted by Gasteiger charge is -2.20. The van der Waals surface area contributed by atoms with E-state index in [9.17, 15) is 4.79 Å². The molecule has 0 spiro atoms. The van der Waals surface area contributed by atoms with Crippen LogP contribution in [0.1, 0.15) is 31.2 Å². The zero-order chi connectivity index (χ0) is 11.4. The number of ether oxygens (including phenoxy) is 1. The van der Waals surface area contributed by atoms with Gasteiger partial charge in [0.2, 0.25) is 0 Å². The number of hydrogen-bond donors (Lipinski definition) is 0. The average Bonchev–Trinajstić information content (AvgIpc) is 2.32. The molecule has 2 rings (SSSR count). The van der Waals surface area contributed by atoms with Crippen LogP contribution in [0.25, 0.3) is 0 Å². The molecule has 1 saturated carbocycles. The fourth-order valence-corrected chi connectivity index (χ4v) is 2.34. The number of hydrogen-bond acceptors (Lipinski definition) is 2. The van der Waals surface area contributed by atoms with Crippen molar-refractivity contribution in [3.8, 4) is 5.75 Å². The van der Waals surface area contributed by atoms with Gasteiger partial charge in [-0.3, -0.25) is 4.79 Å². The van der Waals surface area contributed by atoms with Gasteiger partial charge in [0.15, 0.2) is 0 Å². The minimum atomic E-state index is 0.432. The Hall–Kier alpha value is -1.31. The van der Waals surface area contributed by atoms with Gasteiger partial charge < -0.3 is 4.74 Å². The predicted octanol–water partition coefficient (Wildman–Crippen LogP) is 3.00. The van der Waals surface area contributed by atoms with Crippen LogP contribution in [-0.2, 0) is 11.2 Å². The van der Waals surface area contributed by atoms with E-state index in [1.165, 1.54) is 5.56 Å². The Labute approximate surface area is 96.6 Å². The zero-order valence-corrected chi connectivity index (χ0v) is 9.74. The minimum absolute atomic E-state index is 0.432. The molecule has 0 heterocycles. The summed E-state index contributed by atoms with van der Waals surface area (Å²) in [6, 6.07) is 8.23. The molecule has 0 saturated heterocycles. The average molecular weight is 218 g/mol. The van der Waals surface area contributed by atoms with Crippen molar-refractivity contribution in [1.82, 2.24) is 0 Å². The van der Waals surface area contributed by atoms with E-state index in [1.807, 2.05) is 12.1 Å². The number of carbonyl (C=O) groups excluding carboxylic acids is 1. The van der Waals surface area contributed by atoms with Gasteiger partial charge in [-0.25, -0.2) is 0 Å². The maximum absolute atomic E-state index is 11.1. The Morgan fingerprint density at radius 1 is 1.31 bits per heavy atom. The van der Waals surface area contributed by atoms with E-state index in [2.05, 4.69) is 12.1 Å². The quantitative estimate of drug-likeness (QED) is 0.779. The van der Waals surface area contributed by atoms with E-state index in [1.54, 1.807) is 7.11 Å². The first-order chi connectivity index (χ1) is 7.78. The van der Waals surface area contributed by atoms with Gasteiger partial charge >= 0.3 is 0 Å². The second-order valence-corrected chi connectivity index (χ2v) is 4.54. The summed E-state index contributed by atoms with van der Waals surface area (Å²) in [5, 5.41) is 0. The summed E-state index contributed by atoms with van der Waals surface area (Å²) in [6.07, 6.45) is 4.72. The first-order valence-corrected chi connectivity index (χ1v) is 5.92. The molecule has 2 nitrogen and oxygen atoms in total. The maximum Gasteiger partial charge on any atom is 0.132 e. The lowest BCUT2D eigenvalue weighted by atomic mass is 9.84. The highest BCUT2D eigenvalue weighted by molar-refractivity contribution is 5.79. The van der Waals surface area contributed by atoms with Crippen LogP contribution in [0.3, 0.4) is 0 Å². The Balaban J connectivity index is 1.95. The van der Waals surface area contributed by atoms with Crippen LogP contribution < -0.4 is 4.74 Å². The fourth-order valence-electron chi connectivity index (χ4n) is 2.34. The number of benzene rings is 1. The molecule has 1 aromatic carbocycles. The van der Waals surface area contributed by atoms with Crippen molar-refractivity contribution in [3.63, 3.8) is 0 Å². The SMILES string of the molecule is COc1cccc(CC2CCC(=O)CC2)c1. The Morgan fingerprint density at radius 3 is 2.75 bits per heavy atom. The molecule has 1 aromatic rings. The van der Waals surface area contributed by atoms with Crippen molar-refractivity contribution < 1.29 is 9.53 Å². The number of rotatable bonds is 3. The largest absolute Gasteiger partial charge is 0.497 e. The maximum atomic E-state index is 11.1. The van der Waals surface area contributed by atoms with Gasteiger partial charge in [0.05, 0.1) is 7.11 Å². The molecule has 0 bridgehead atoms. The molecule has 0 amide bonds. The molecule has 1 fully saturated rings. The van der Waals surface area contributed by atoms with E-state index in [-0.39, 0.29) is 0 Å². The van der Waals surface area contributed by atoms with Crippen LogP contribution >= 0.6 is 0 Å². The van der Waals surface area contributed by atoms with Crippen LogP contribution in [0.15, 0.2) is 24.3 Å². The second kappa shape index (κ2) is 5.15. The highest BCUT2D eigenvalue weighted by Crippen LogP contribution is 2.26. The smallest absolute Gasteiger partial charge is 0.132 e. The number of ketones is 1. The number of methoxy groups -OCH3 is 1. The van der Waals surface area contributed by atoms with E-state index in [4.69, 9.17) is 4.74 Å². The third-order valence-corrected chi connectivity index (χ3v) is 3.32. The molecule has 0 atom stereocenters. The molecular weight excluding hydrogens is 200 g/mol. The summed E-state index contributed by atoms with van der Waals surface area (Å²) in [4.78, 5) is 11.1. The highest BCUT2D eigenvalue weighted by atomic mass is 16.5. The lowest BCUT2D eigenvalue weighted by molar-refractivity contribution is -0.121. The summed E-state index contributed by atoms with van der Waals surface area (Å²) in [7, 11) is 1.69. The molecule has 0 radical (unpaired) electrons. The standard InChI is InChI=1S/C14H18O2/c1-16-14-4-2-3-12(10-14)9-11-5-7-13(15)8-6-11/h2-4,10-11H,5-9H2,1H3. The van der Waals surface area contributed by atoms with Crippen molar-refractivity contribution in [2.45, 2.75) is 32.1 Å². The monoisotopic (exact) mass is 218 g/mol. The third kappa shape index (κ3) is 2.84. The van der Waals surface area contributed by atoms with Crippen molar-refractivity contribution >= 4 is 5.78 Å². The predicted molar refractivity (Wildman–Crippen MR) is 63.7 cm³/mol. The van der Waals surface area contributed by atoms with Crippen LogP contribution in [0.5, 0.6) is 5.75 Å². The van der Waals surface area contributed by atoms with Crippen molar-refractivity contribution in [1.29, 1.82) is 0 Å². The summed E-state index contributed by atoms with van der Waals surface area (Å²) in [5.41, 5.74) is 1.32. The van der Waals surface area contributed by atoms with Gasteiger partial charge in [0, 0.05) is 12.8 Å². The zero-order valence-electron chi connectivity index (χ0n) is 9.74. The summed E-state index contributed by atoms with van der Waals surface area (Å²) < 4.78 is 5.21. The van der Waals surface area contributed by atoms with Gasteiger partial charge in [0.25, 0.3) is 0 Å². The molecule has 0 aliphatic heterocycles. The minimum Gasteiger partial charge on any atom is -0.497 e. The van der Waals surface area contributed by atoms with Crippen LogP contribution in [0, 0.1) is 5.92 Å². The molecule has 1 aliphatic rings. The normalized spacial score (nSPS) is 17.4. The fraction of sp³-hybridized carbons (Fsp3) is 0.500. The van der Waals surface area contributed by atoms with Gasteiger partial charge in [-0.1, -0.05) is 12.1 Å². The Bertz CT molecular complexity index is 361. The Kier molecular flexibility index (Phi) is 3.60. The van der Waals surface area contributed by atoms with Crippen molar-refractivity contribution in [3.05, 3.63) is 29.8 Å².